The molecule has 0 radical (unpaired) electrons. The smallest absolute Gasteiger partial charge is 0.244 e. The fourth-order valence-corrected chi connectivity index (χ4v) is 2.42. The van der Waals surface area contributed by atoms with Gasteiger partial charge in [0.2, 0.25) is 6.10 Å². The number of benzene rings is 1. The van der Waals surface area contributed by atoms with Gasteiger partial charge in [0.05, 0.1) is 30.9 Å². The number of hydrogen-bond donors (Lipinski definition) is 0. The van der Waals surface area contributed by atoms with Crippen LogP contribution in [0.1, 0.15) is 18.4 Å². The molecule has 1 aromatic rings. The first-order chi connectivity index (χ1) is 7.70. The molecular weight excluding hydrogens is 222 g/mol. The number of hydrogen-bond acceptors (Lipinski definition) is 2. The lowest BCUT2D eigenvalue weighted by molar-refractivity contribution is 0.177. The van der Waals surface area contributed by atoms with E-state index >= 15 is 0 Å². The van der Waals surface area contributed by atoms with Crippen molar-refractivity contribution in [2.24, 2.45) is 0 Å². The highest BCUT2D eigenvalue weighted by Gasteiger charge is 2.29. The van der Waals surface area contributed by atoms with Gasteiger partial charge >= 0.3 is 0 Å². The van der Waals surface area contributed by atoms with Crippen molar-refractivity contribution in [3.63, 3.8) is 0 Å². The maximum absolute atomic E-state index is 6.25. The first-order valence-corrected chi connectivity index (χ1v) is 5.98. The SMILES string of the molecule is CO[C+]1CCN(c2ccc(C)cc2Cl)CC1. The van der Waals surface area contributed by atoms with E-state index in [4.69, 9.17) is 16.3 Å². The summed E-state index contributed by atoms with van der Waals surface area (Å²) in [6.45, 7) is 4.04. The summed E-state index contributed by atoms with van der Waals surface area (Å²) in [4.78, 5) is 2.32. The number of rotatable bonds is 2. The third kappa shape index (κ3) is 2.45. The van der Waals surface area contributed by atoms with Gasteiger partial charge < -0.3 is 4.90 Å². The second-order valence-corrected chi connectivity index (χ2v) is 4.59. The van der Waals surface area contributed by atoms with Crippen molar-refractivity contribution in [1.82, 2.24) is 0 Å². The molecule has 86 valence electrons. The van der Waals surface area contributed by atoms with Crippen LogP contribution >= 0.6 is 11.6 Å². The van der Waals surface area contributed by atoms with Crippen LogP contribution in [0.5, 0.6) is 0 Å². The Morgan fingerprint density at radius 3 is 2.56 bits per heavy atom. The summed E-state index contributed by atoms with van der Waals surface area (Å²) in [6.07, 6.45) is 3.20. The number of piperidine rings is 1. The summed E-state index contributed by atoms with van der Waals surface area (Å²) < 4.78 is 5.28. The molecule has 0 unspecified atom stereocenters. The van der Waals surface area contributed by atoms with E-state index in [1.54, 1.807) is 7.11 Å². The van der Waals surface area contributed by atoms with Crippen LogP contribution in [-0.2, 0) is 4.74 Å². The molecule has 1 heterocycles. The van der Waals surface area contributed by atoms with E-state index in [-0.39, 0.29) is 0 Å². The zero-order valence-electron chi connectivity index (χ0n) is 9.79. The van der Waals surface area contributed by atoms with Crippen LogP contribution in [0.25, 0.3) is 0 Å². The van der Waals surface area contributed by atoms with Crippen molar-refractivity contribution < 1.29 is 4.74 Å². The van der Waals surface area contributed by atoms with Gasteiger partial charge in [0.15, 0.2) is 0 Å². The van der Waals surface area contributed by atoms with Crippen LogP contribution in [0, 0.1) is 13.0 Å². The molecule has 0 spiro atoms. The van der Waals surface area contributed by atoms with E-state index in [2.05, 4.69) is 24.0 Å². The van der Waals surface area contributed by atoms with E-state index in [9.17, 15) is 0 Å². The molecule has 1 aliphatic heterocycles. The Bertz CT molecular complexity index is 359. The number of halogens is 1. The third-order valence-corrected chi connectivity index (χ3v) is 3.36. The Morgan fingerprint density at radius 2 is 2.00 bits per heavy atom. The lowest BCUT2D eigenvalue weighted by Gasteiger charge is -2.27. The van der Waals surface area contributed by atoms with Crippen molar-refractivity contribution in [3.8, 4) is 0 Å². The molecule has 0 aliphatic carbocycles. The molecule has 16 heavy (non-hydrogen) atoms. The zero-order valence-corrected chi connectivity index (χ0v) is 10.5. The summed E-state index contributed by atoms with van der Waals surface area (Å²) in [7, 11) is 1.75. The van der Waals surface area contributed by atoms with Crippen LogP contribution < -0.4 is 4.90 Å². The fraction of sp³-hybridized carbons (Fsp3) is 0.462. The maximum atomic E-state index is 6.25. The van der Waals surface area contributed by atoms with Crippen LogP contribution in [0.4, 0.5) is 5.69 Å². The fourth-order valence-electron chi connectivity index (χ4n) is 2.07. The highest BCUT2D eigenvalue weighted by atomic mass is 35.5. The summed E-state index contributed by atoms with van der Waals surface area (Å²) in [6, 6.07) is 6.23. The third-order valence-electron chi connectivity index (χ3n) is 3.05. The molecule has 3 heteroatoms. The monoisotopic (exact) mass is 238 g/mol. The molecule has 1 aromatic carbocycles. The zero-order chi connectivity index (χ0) is 11.5. The Kier molecular flexibility index (Phi) is 3.62. The van der Waals surface area contributed by atoms with Crippen molar-refractivity contribution >= 4 is 17.3 Å². The van der Waals surface area contributed by atoms with Crippen molar-refractivity contribution in [3.05, 3.63) is 34.9 Å². The molecule has 0 aromatic heterocycles. The van der Waals surface area contributed by atoms with Gasteiger partial charge in [0.1, 0.15) is 12.8 Å². The van der Waals surface area contributed by atoms with Crippen molar-refractivity contribution in [2.45, 2.75) is 19.8 Å². The largest absolute Gasteiger partial charge is 0.362 e. The van der Waals surface area contributed by atoms with E-state index in [1.807, 2.05) is 6.07 Å². The number of anilines is 1. The van der Waals surface area contributed by atoms with Gasteiger partial charge in [-0.3, -0.25) is 0 Å². The van der Waals surface area contributed by atoms with Crippen LogP contribution in [-0.4, -0.2) is 20.2 Å². The Balaban J connectivity index is 2.08. The van der Waals surface area contributed by atoms with E-state index in [0.29, 0.717) is 0 Å². The van der Waals surface area contributed by atoms with Gasteiger partial charge in [-0.05, 0) is 24.6 Å². The summed E-state index contributed by atoms with van der Waals surface area (Å²) in [5.74, 6) is 0. The normalized spacial score (nSPS) is 16.7. The molecule has 1 fully saturated rings. The van der Waals surface area contributed by atoms with Gasteiger partial charge in [0.25, 0.3) is 0 Å². The second-order valence-electron chi connectivity index (χ2n) is 4.18. The molecule has 0 bridgehead atoms. The highest BCUT2D eigenvalue weighted by molar-refractivity contribution is 6.33. The summed E-state index contributed by atoms with van der Waals surface area (Å²) >= 11 is 6.25. The van der Waals surface area contributed by atoms with Crippen molar-refractivity contribution in [2.75, 3.05) is 25.1 Å². The average molecular weight is 239 g/mol. The van der Waals surface area contributed by atoms with E-state index < -0.39 is 0 Å². The standard InChI is InChI=1S/C13H17ClNO/c1-10-3-4-13(12(14)9-10)15-7-5-11(16-2)6-8-15/h3-4,9H,5-8H2,1-2H3/q+1. The Labute approximate surface area is 102 Å². The molecule has 2 nitrogen and oxygen atoms in total. The molecule has 1 saturated heterocycles. The molecule has 2 rings (SSSR count). The lowest BCUT2D eigenvalue weighted by atomic mass is 10.1. The van der Waals surface area contributed by atoms with E-state index in [0.717, 1.165) is 36.6 Å². The average Bonchev–Trinajstić information content (AvgIpc) is 2.29. The Hall–Kier alpha value is -0.860. The van der Waals surface area contributed by atoms with Crippen LogP contribution in [0.2, 0.25) is 5.02 Å². The van der Waals surface area contributed by atoms with Gasteiger partial charge in [0, 0.05) is 0 Å². The number of nitrogens with zero attached hydrogens (tertiary/aromatic N) is 1. The summed E-state index contributed by atoms with van der Waals surface area (Å²) in [5.41, 5.74) is 2.34. The van der Waals surface area contributed by atoms with Crippen LogP contribution in [0.3, 0.4) is 0 Å². The second kappa shape index (κ2) is 4.98. The van der Waals surface area contributed by atoms with Crippen LogP contribution in [0.15, 0.2) is 18.2 Å². The van der Waals surface area contributed by atoms with Crippen molar-refractivity contribution in [1.29, 1.82) is 0 Å². The topological polar surface area (TPSA) is 12.5 Å². The first kappa shape index (κ1) is 11.6. The molecule has 0 atom stereocenters. The molecule has 1 aliphatic rings. The molecule has 0 amide bonds. The number of aryl methyl sites for hydroxylation is 1. The number of ether oxygens (including phenoxy) is 1. The van der Waals surface area contributed by atoms with Gasteiger partial charge in [-0.15, -0.1) is 0 Å². The van der Waals surface area contributed by atoms with Gasteiger partial charge in [-0.2, -0.15) is 4.74 Å². The minimum Gasteiger partial charge on any atom is -0.362 e. The van der Waals surface area contributed by atoms with Gasteiger partial charge in [-0.25, -0.2) is 0 Å². The predicted octanol–water partition coefficient (Wildman–Crippen LogP) is 3.43. The lowest BCUT2D eigenvalue weighted by Crippen LogP contribution is -2.33. The molecule has 0 saturated carbocycles. The first-order valence-electron chi connectivity index (χ1n) is 5.60. The maximum Gasteiger partial charge on any atom is 0.244 e. The quantitative estimate of drug-likeness (QED) is 0.732. The summed E-state index contributed by atoms with van der Waals surface area (Å²) in [5, 5.41) is 0.848. The molecular formula is C13H17ClNO+. The minimum absolute atomic E-state index is 0.848. The Morgan fingerprint density at radius 1 is 1.31 bits per heavy atom. The highest BCUT2D eigenvalue weighted by Crippen LogP contribution is 2.30. The molecule has 0 N–H and O–H groups in total. The predicted molar refractivity (Wildman–Crippen MR) is 67.9 cm³/mol. The number of methoxy groups -OCH3 is 1. The van der Waals surface area contributed by atoms with E-state index in [1.165, 1.54) is 11.7 Å². The minimum atomic E-state index is 0.848. The van der Waals surface area contributed by atoms with Gasteiger partial charge in [-0.1, -0.05) is 17.7 Å².